The van der Waals surface area contributed by atoms with Gasteiger partial charge in [-0.15, -0.1) is 0 Å². The lowest BCUT2D eigenvalue weighted by Gasteiger charge is -2.24. The van der Waals surface area contributed by atoms with Gasteiger partial charge in [-0.25, -0.2) is 5.06 Å². The van der Waals surface area contributed by atoms with Gasteiger partial charge >= 0.3 is 6.18 Å². The van der Waals surface area contributed by atoms with Gasteiger partial charge in [-0.2, -0.15) is 13.2 Å². The molecular weight excluding hydrogens is 321 g/mol. The minimum atomic E-state index is -4.43. The van der Waals surface area contributed by atoms with Crippen LogP contribution in [0.1, 0.15) is 23.6 Å². The van der Waals surface area contributed by atoms with Gasteiger partial charge in [-0.3, -0.25) is 4.84 Å². The minimum Gasteiger partial charge on any atom is -0.455 e. The number of anilines is 1. The van der Waals surface area contributed by atoms with E-state index in [1.807, 2.05) is 18.2 Å². The maximum absolute atomic E-state index is 13.1. The topological polar surface area (TPSA) is 47.7 Å². The van der Waals surface area contributed by atoms with Crippen LogP contribution in [0.5, 0.6) is 11.5 Å². The first-order valence-electron chi connectivity index (χ1n) is 7.61. The lowest BCUT2D eigenvalue weighted by molar-refractivity contribution is -0.137. The van der Waals surface area contributed by atoms with Crippen molar-refractivity contribution in [2.24, 2.45) is 5.73 Å². The molecule has 2 aliphatic heterocycles. The number of fused-ring (bicyclic) bond motifs is 5. The number of hydrogen-bond acceptors (Lipinski definition) is 4. The summed E-state index contributed by atoms with van der Waals surface area (Å²) in [5, 5.41) is 1.51. The van der Waals surface area contributed by atoms with Crippen molar-refractivity contribution >= 4 is 5.69 Å². The molecular formula is C17H15F3N2O2. The Labute approximate surface area is 136 Å². The van der Waals surface area contributed by atoms with Crippen molar-refractivity contribution in [2.75, 3.05) is 11.6 Å². The average molecular weight is 336 g/mol. The molecule has 1 saturated heterocycles. The molecule has 0 radical (unpaired) electrons. The molecule has 0 amide bonds. The van der Waals surface area contributed by atoms with Crippen LogP contribution in [0.2, 0.25) is 0 Å². The summed E-state index contributed by atoms with van der Waals surface area (Å²) in [6.45, 7) is 0.296. The third kappa shape index (κ3) is 2.40. The molecule has 2 heterocycles. The first-order valence-corrected chi connectivity index (χ1v) is 7.61. The molecule has 0 spiro atoms. The molecule has 0 bridgehead atoms. The van der Waals surface area contributed by atoms with Crippen LogP contribution in [0.25, 0.3) is 0 Å². The molecule has 0 unspecified atom stereocenters. The molecule has 0 saturated carbocycles. The highest BCUT2D eigenvalue weighted by atomic mass is 19.4. The first kappa shape index (κ1) is 15.3. The van der Waals surface area contributed by atoms with Crippen LogP contribution in [-0.4, -0.2) is 12.6 Å². The highest BCUT2D eigenvalue weighted by molar-refractivity contribution is 5.64. The first-order chi connectivity index (χ1) is 11.5. The Balaban J connectivity index is 1.87. The number of nitrogens with zero attached hydrogens (tertiary/aromatic N) is 1. The van der Waals surface area contributed by atoms with Gasteiger partial charge < -0.3 is 10.5 Å². The zero-order valence-corrected chi connectivity index (χ0v) is 12.6. The zero-order chi connectivity index (χ0) is 16.9. The normalized spacial score (nSPS) is 22.2. The van der Waals surface area contributed by atoms with E-state index in [4.69, 9.17) is 15.3 Å². The summed E-state index contributed by atoms with van der Waals surface area (Å²) >= 11 is 0. The molecule has 2 aromatic rings. The van der Waals surface area contributed by atoms with E-state index in [0.29, 0.717) is 24.5 Å². The molecule has 0 aliphatic carbocycles. The number of nitrogens with two attached hydrogens (primary N) is 1. The SMILES string of the molecule is NC[C@H]1C[C@@H]2c3ccccc3Oc3ccc(C(F)(F)F)cc3N2O1. The Hall–Kier alpha value is -2.25. The molecule has 126 valence electrons. The molecule has 4 nitrogen and oxygen atoms in total. The number of hydrogen-bond donors (Lipinski definition) is 1. The predicted molar refractivity (Wildman–Crippen MR) is 81.7 cm³/mol. The van der Waals surface area contributed by atoms with Gasteiger partial charge in [0.2, 0.25) is 0 Å². The Bertz CT molecular complexity index is 779. The van der Waals surface area contributed by atoms with Crippen LogP contribution in [0.15, 0.2) is 42.5 Å². The molecule has 2 aliphatic rings. The van der Waals surface area contributed by atoms with Gasteiger partial charge in [0, 0.05) is 18.5 Å². The maximum Gasteiger partial charge on any atom is 0.416 e. The Kier molecular flexibility index (Phi) is 3.43. The number of halogens is 3. The molecule has 2 aromatic carbocycles. The maximum atomic E-state index is 13.1. The van der Waals surface area contributed by atoms with Gasteiger partial charge in [0.1, 0.15) is 17.5 Å². The summed E-state index contributed by atoms with van der Waals surface area (Å²) in [5.74, 6) is 0.947. The standard InChI is InChI=1S/C17H15F3N2O2/c18-17(19,20)10-5-6-16-14(7-10)22-13(8-11(9-21)24-22)12-3-1-2-4-15(12)23-16/h1-7,11,13H,8-9,21H2/t11-,13-/m1/s1. The number of ether oxygens (including phenoxy) is 1. The predicted octanol–water partition coefficient (Wildman–Crippen LogP) is 4.02. The van der Waals surface area contributed by atoms with E-state index in [9.17, 15) is 13.2 Å². The van der Waals surface area contributed by atoms with Crippen molar-refractivity contribution in [3.63, 3.8) is 0 Å². The van der Waals surface area contributed by atoms with Crippen molar-refractivity contribution in [3.8, 4) is 11.5 Å². The molecule has 24 heavy (non-hydrogen) atoms. The lowest BCUT2D eigenvalue weighted by Crippen LogP contribution is -2.24. The Morgan fingerprint density at radius 1 is 1.12 bits per heavy atom. The van der Waals surface area contributed by atoms with E-state index in [2.05, 4.69) is 0 Å². The second kappa shape index (κ2) is 5.39. The third-order valence-electron chi connectivity index (χ3n) is 4.32. The molecule has 1 fully saturated rings. The van der Waals surface area contributed by atoms with Crippen LogP contribution in [0, 0.1) is 0 Å². The molecule has 7 heteroatoms. The smallest absolute Gasteiger partial charge is 0.416 e. The van der Waals surface area contributed by atoms with Crippen LogP contribution in [0.3, 0.4) is 0 Å². The second-order valence-corrected chi connectivity index (χ2v) is 5.86. The molecule has 0 aromatic heterocycles. The lowest BCUT2D eigenvalue weighted by atomic mass is 10.0. The number of alkyl halides is 3. The number of benzene rings is 2. The summed E-state index contributed by atoms with van der Waals surface area (Å²) in [7, 11) is 0. The highest BCUT2D eigenvalue weighted by Crippen LogP contribution is 2.50. The van der Waals surface area contributed by atoms with E-state index in [-0.39, 0.29) is 17.8 Å². The van der Waals surface area contributed by atoms with Crippen LogP contribution >= 0.6 is 0 Å². The van der Waals surface area contributed by atoms with Gasteiger partial charge in [0.05, 0.1) is 11.6 Å². The summed E-state index contributed by atoms with van der Waals surface area (Å²) in [6.07, 6.45) is -4.09. The Morgan fingerprint density at radius 3 is 2.67 bits per heavy atom. The number of para-hydroxylation sites is 1. The van der Waals surface area contributed by atoms with Gasteiger partial charge in [0.15, 0.2) is 5.75 Å². The highest BCUT2D eigenvalue weighted by Gasteiger charge is 2.41. The van der Waals surface area contributed by atoms with Gasteiger partial charge in [-0.1, -0.05) is 18.2 Å². The zero-order valence-electron chi connectivity index (χ0n) is 12.6. The van der Waals surface area contributed by atoms with E-state index in [0.717, 1.165) is 17.7 Å². The summed E-state index contributed by atoms with van der Waals surface area (Å²) < 4.78 is 45.1. The van der Waals surface area contributed by atoms with E-state index in [1.54, 1.807) is 6.07 Å². The average Bonchev–Trinajstić information content (AvgIpc) is 2.94. The summed E-state index contributed by atoms with van der Waals surface area (Å²) in [6, 6.07) is 10.6. The largest absolute Gasteiger partial charge is 0.455 e. The van der Waals surface area contributed by atoms with Crippen LogP contribution < -0.4 is 15.5 Å². The fourth-order valence-corrected chi connectivity index (χ4v) is 3.16. The minimum absolute atomic E-state index is 0.237. The van der Waals surface area contributed by atoms with Gasteiger partial charge in [0.25, 0.3) is 0 Å². The molecule has 2 N–H and O–H groups in total. The monoisotopic (exact) mass is 336 g/mol. The summed E-state index contributed by atoms with van der Waals surface area (Å²) in [5.41, 5.74) is 6.10. The van der Waals surface area contributed by atoms with Crippen molar-refractivity contribution in [1.82, 2.24) is 0 Å². The van der Waals surface area contributed by atoms with E-state index in [1.165, 1.54) is 11.1 Å². The van der Waals surface area contributed by atoms with Crippen LogP contribution in [0.4, 0.5) is 18.9 Å². The summed E-state index contributed by atoms with van der Waals surface area (Å²) in [4.78, 5) is 5.81. The fourth-order valence-electron chi connectivity index (χ4n) is 3.16. The van der Waals surface area contributed by atoms with Crippen molar-refractivity contribution < 1.29 is 22.7 Å². The quantitative estimate of drug-likeness (QED) is 0.854. The van der Waals surface area contributed by atoms with Crippen molar-refractivity contribution in [1.29, 1.82) is 0 Å². The number of hydroxylamine groups is 1. The van der Waals surface area contributed by atoms with E-state index >= 15 is 0 Å². The fraction of sp³-hybridized carbons (Fsp3) is 0.294. The van der Waals surface area contributed by atoms with Gasteiger partial charge in [-0.05, 0) is 24.3 Å². The second-order valence-electron chi connectivity index (χ2n) is 5.86. The Morgan fingerprint density at radius 2 is 1.92 bits per heavy atom. The molecule has 2 atom stereocenters. The van der Waals surface area contributed by atoms with E-state index < -0.39 is 11.7 Å². The number of rotatable bonds is 1. The van der Waals surface area contributed by atoms with Crippen LogP contribution in [-0.2, 0) is 11.0 Å². The molecule has 4 rings (SSSR count). The van der Waals surface area contributed by atoms with Crippen molar-refractivity contribution in [3.05, 3.63) is 53.6 Å². The third-order valence-corrected chi connectivity index (χ3v) is 4.32. The van der Waals surface area contributed by atoms with Crippen molar-refractivity contribution in [2.45, 2.75) is 24.7 Å².